The number of aliphatic hydroxyl groups excluding tert-OH is 2. The van der Waals surface area contributed by atoms with E-state index in [4.69, 9.17) is 16.7 Å². The van der Waals surface area contributed by atoms with E-state index in [-0.39, 0.29) is 31.4 Å². The van der Waals surface area contributed by atoms with E-state index < -0.39 is 21.7 Å². The van der Waals surface area contributed by atoms with Crippen LogP contribution in [0.4, 0.5) is 0 Å². The van der Waals surface area contributed by atoms with E-state index in [1.54, 1.807) is 18.2 Å². The Labute approximate surface area is 217 Å². The average molecular weight is 534 g/mol. The first-order valence-electron chi connectivity index (χ1n) is 12.1. The van der Waals surface area contributed by atoms with E-state index >= 15 is 0 Å². The van der Waals surface area contributed by atoms with Crippen LogP contribution in [0, 0.1) is 6.92 Å². The van der Waals surface area contributed by atoms with Crippen molar-refractivity contribution in [2.45, 2.75) is 50.7 Å². The first-order valence-corrected chi connectivity index (χ1v) is 14.1. The number of amidine groups is 1. The monoisotopic (exact) mass is 533 g/mol. The number of halogens is 1. The predicted octanol–water partition coefficient (Wildman–Crippen LogP) is 2.22. The number of aryl methyl sites for hydroxylation is 3. The Balaban J connectivity index is 1.35. The summed E-state index contributed by atoms with van der Waals surface area (Å²) < 4.78 is 27.6. The molecule has 0 aliphatic carbocycles. The SMILES string of the molecule is Cc1cc(CC[C@H](O)CO)ccc1CCS(=O)(=O)N1CCC2(CC1)N=C(c1cccc(Cl)c1)NC2=O. The summed E-state index contributed by atoms with van der Waals surface area (Å²) in [6.45, 7) is 2.18. The maximum Gasteiger partial charge on any atom is 0.253 e. The molecule has 4 rings (SSSR count). The number of rotatable bonds is 9. The van der Waals surface area contributed by atoms with Crippen LogP contribution >= 0.6 is 11.6 Å². The van der Waals surface area contributed by atoms with Crippen LogP contribution in [0.2, 0.25) is 5.02 Å². The third-order valence-electron chi connectivity index (χ3n) is 7.03. The number of aliphatic hydroxyl groups is 2. The van der Waals surface area contributed by atoms with Gasteiger partial charge in [0.25, 0.3) is 5.91 Å². The molecule has 0 bridgehead atoms. The third-order valence-corrected chi connectivity index (χ3v) is 9.14. The second kappa shape index (κ2) is 11.0. The molecular weight excluding hydrogens is 502 g/mol. The number of carbonyl (C=O) groups is 1. The summed E-state index contributed by atoms with van der Waals surface area (Å²) in [6.07, 6.45) is 1.44. The topological polar surface area (TPSA) is 119 Å². The minimum absolute atomic E-state index is 0.00730. The first-order chi connectivity index (χ1) is 17.1. The van der Waals surface area contributed by atoms with Crippen molar-refractivity contribution in [1.82, 2.24) is 9.62 Å². The summed E-state index contributed by atoms with van der Waals surface area (Å²) >= 11 is 6.07. The van der Waals surface area contributed by atoms with Crippen molar-refractivity contribution in [1.29, 1.82) is 0 Å². The smallest absolute Gasteiger partial charge is 0.253 e. The van der Waals surface area contributed by atoms with Gasteiger partial charge < -0.3 is 15.5 Å². The molecule has 2 aliphatic heterocycles. The number of nitrogens with zero attached hydrogens (tertiary/aromatic N) is 2. The normalized spacial score (nSPS) is 18.8. The van der Waals surface area contributed by atoms with Crippen LogP contribution in [0.1, 0.15) is 41.5 Å². The Morgan fingerprint density at radius 3 is 2.58 bits per heavy atom. The quantitative estimate of drug-likeness (QED) is 0.456. The van der Waals surface area contributed by atoms with Gasteiger partial charge in [0.15, 0.2) is 0 Å². The van der Waals surface area contributed by atoms with Gasteiger partial charge in [0.2, 0.25) is 10.0 Å². The highest BCUT2D eigenvalue weighted by Gasteiger charge is 2.47. The summed E-state index contributed by atoms with van der Waals surface area (Å²) in [4.78, 5) is 17.5. The number of benzene rings is 2. The minimum atomic E-state index is -3.49. The van der Waals surface area contributed by atoms with Gasteiger partial charge in [0, 0.05) is 23.7 Å². The molecule has 1 atom stereocenters. The lowest BCUT2D eigenvalue weighted by atomic mass is 9.89. The highest BCUT2D eigenvalue weighted by atomic mass is 35.5. The average Bonchev–Trinajstić information content (AvgIpc) is 3.17. The van der Waals surface area contributed by atoms with Crippen LogP contribution in [0.3, 0.4) is 0 Å². The molecule has 10 heteroatoms. The molecule has 2 aromatic carbocycles. The van der Waals surface area contributed by atoms with Gasteiger partial charge >= 0.3 is 0 Å². The fourth-order valence-corrected chi connectivity index (χ4v) is 6.41. The lowest BCUT2D eigenvalue weighted by Crippen LogP contribution is -2.50. The minimum Gasteiger partial charge on any atom is -0.394 e. The number of amides is 1. The Hall–Kier alpha value is -2.30. The van der Waals surface area contributed by atoms with Crippen LogP contribution in [-0.4, -0.2) is 71.8 Å². The fraction of sp³-hybridized carbons (Fsp3) is 0.462. The summed E-state index contributed by atoms with van der Waals surface area (Å²) in [5, 5.41) is 21.9. The number of nitrogens with one attached hydrogen (secondary N) is 1. The molecule has 3 N–H and O–H groups in total. The third kappa shape index (κ3) is 5.98. The van der Waals surface area contributed by atoms with Gasteiger partial charge in [0.1, 0.15) is 11.4 Å². The molecule has 1 amide bonds. The number of hydrogen-bond donors (Lipinski definition) is 3. The molecule has 0 aromatic heterocycles. The highest BCUT2D eigenvalue weighted by Crippen LogP contribution is 2.32. The van der Waals surface area contributed by atoms with Gasteiger partial charge in [-0.05, 0) is 67.9 Å². The molecule has 8 nitrogen and oxygen atoms in total. The predicted molar refractivity (Wildman–Crippen MR) is 140 cm³/mol. The Bertz CT molecular complexity index is 1260. The molecule has 2 heterocycles. The van der Waals surface area contributed by atoms with Crippen molar-refractivity contribution >= 4 is 33.4 Å². The molecule has 0 radical (unpaired) electrons. The van der Waals surface area contributed by atoms with E-state index in [0.717, 1.165) is 22.3 Å². The molecule has 0 saturated carbocycles. The number of piperidine rings is 1. The number of carbonyl (C=O) groups excluding carboxylic acids is 1. The lowest BCUT2D eigenvalue weighted by molar-refractivity contribution is -0.124. The molecule has 194 valence electrons. The number of sulfonamides is 1. The molecular formula is C26H32ClN3O5S. The lowest BCUT2D eigenvalue weighted by Gasteiger charge is -2.34. The second-order valence-corrected chi connectivity index (χ2v) is 12.1. The molecule has 2 aromatic rings. The van der Waals surface area contributed by atoms with E-state index in [1.165, 1.54) is 4.31 Å². The van der Waals surface area contributed by atoms with E-state index in [9.17, 15) is 18.3 Å². The standard InChI is InChI=1S/C26H32ClN3O5S/c1-18-15-19(6-8-23(32)17-31)5-7-20(18)9-14-36(34,35)30-12-10-26(11-13-30)25(33)28-24(29-26)21-3-2-4-22(27)16-21/h2-5,7,15-16,23,31-32H,6,8-14,17H2,1H3,(H,28,29,33)/t23-/m0/s1. The van der Waals surface area contributed by atoms with Crippen molar-refractivity contribution in [3.05, 3.63) is 69.7 Å². The zero-order chi connectivity index (χ0) is 25.9. The van der Waals surface area contributed by atoms with Gasteiger partial charge in [-0.25, -0.2) is 12.7 Å². The van der Waals surface area contributed by atoms with Crippen molar-refractivity contribution < 1.29 is 23.4 Å². The van der Waals surface area contributed by atoms with Gasteiger partial charge in [-0.1, -0.05) is 41.9 Å². The summed E-state index contributed by atoms with van der Waals surface area (Å²) in [5.74, 6) is 0.271. The van der Waals surface area contributed by atoms with Crippen molar-refractivity contribution in [2.75, 3.05) is 25.4 Å². The van der Waals surface area contributed by atoms with Crippen molar-refractivity contribution in [2.24, 2.45) is 4.99 Å². The van der Waals surface area contributed by atoms with Crippen LogP contribution in [-0.2, 0) is 27.7 Å². The molecule has 36 heavy (non-hydrogen) atoms. The number of aliphatic imine (C=N–C) groups is 1. The van der Waals surface area contributed by atoms with Crippen molar-refractivity contribution in [3.63, 3.8) is 0 Å². The Morgan fingerprint density at radius 1 is 1.17 bits per heavy atom. The zero-order valence-corrected chi connectivity index (χ0v) is 21.9. The Morgan fingerprint density at radius 2 is 1.92 bits per heavy atom. The summed E-state index contributed by atoms with van der Waals surface area (Å²) in [6, 6.07) is 13.0. The zero-order valence-electron chi connectivity index (χ0n) is 20.3. The van der Waals surface area contributed by atoms with Crippen LogP contribution in [0.5, 0.6) is 0 Å². The summed E-state index contributed by atoms with van der Waals surface area (Å²) in [7, 11) is -3.49. The van der Waals surface area contributed by atoms with E-state index in [2.05, 4.69) is 10.3 Å². The van der Waals surface area contributed by atoms with Crippen LogP contribution in [0.15, 0.2) is 47.5 Å². The maximum atomic E-state index is 13.1. The van der Waals surface area contributed by atoms with Gasteiger partial charge in [0.05, 0.1) is 18.5 Å². The van der Waals surface area contributed by atoms with E-state index in [1.807, 2.05) is 31.2 Å². The van der Waals surface area contributed by atoms with E-state index in [0.29, 0.717) is 43.0 Å². The molecule has 0 unspecified atom stereocenters. The highest BCUT2D eigenvalue weighted by molar-refractivity contribution is 7.89. The molecule has 1 saturated heterocycles. The van der Waals surface area contributed by atoms with Gasteiger partial charge in [-0.2, -0.15) is 0 Å². The molecule has 1 fully saturated rings. The molecule has 1 spiro atoms. The van der Waals surface area contributed by atoms with Crippen LogP contribution < -0.4 is 5.32 Å². The van der Waals surface area contributed by atoms with Crippen LogP contribution in [0.25, 0.3) is 0 Å². The second-order valence-electron chi connectivity index (χ2n) is 9.56. The largest absolute Gasteiger partial charge is 0.394 e. The van der Waals surface area contributed by atoms with Crippen molar-refractivity contribution in [3.8, 4) is 0 Å². The summed E-state index contributed by atoms with van der Waals surface area (Å²) in [5.41, 5.74) is 2.79. The van der Waals surface area contributed by atoms with Gasteiger partial charge in [-0.15, -0.1) is 0 Å². The molecule has 2 aliphatic rings. The maximum absolute atomic E-state index is 13.1. The number of hydrogen-bond acceptors (Lipinski definition) is 6. The first kappa shape index (κ1) is 26.8. The fourth-order valence-electron chi connectivity index (χ4n) is 4.75. The Kier molecular flexibility index (Phi) is 8.16. The van der Waals surface area contributed by atoms with Gasteiger partial charge in [-0.3, -0.25) is 9.79 Å².